The van der Waals surface area contributed by atoms with Gasteiger partial charge in [-0.15, -0.1) is 0 Å². The molecule has 1 aromatic heterocycles. The molecule has 2 aliphatic rings. The van der Waals surface area contributed by atoms with Crippen LogP contribution in [0.3, 0.4) is 0 Å². The summed E-state index contributed by atoms with van der Waals surface area (Å²) >= 11 is 0. The van der Waals surface area contributed by atoms with Crippen LogP contribution in [-0.4, -0.2) is 58.7 Å². The van der Waals surface area contributed by atoms with E-state index in [1.54, 1.807) is 12.1 Å². The van der Waals surface area contributed by atoms with E-state index >= 15 is 0 Å². The molecular formula is C22H32FN7O. The van der Waals surface area contributed by atoms with Crippen LogP contribution in [0.1, 0.15) is 45.4 Å². The summed E-state index contributed by atoms with van der Waals surface area (Å²) < 4.78 is 19.3. The molecule has 168 valence electrons. The van der Waals surface area contributed by atoms with Gasteiger partial charge in [-0.2, -0.15) is 15.0 Å². The average Bonchev–Trinajstić information content (AvgIpc) is 3.44. The van der Waals surface area contributed by atoms with E-state index in [-0.39, 0.29) is 5.75 Å². The van der Waals surface area contributed by atoms with Crippen LogP contribution in [0, 0.1) is 5.82 Å². The van der Waals surface area contributed by atoms with Gasteiger partial charge in [0.1, 0.15) is 0 Å². The fourth-order valence-electron chi connectivity index (χ4n) is 4.52. The van der Waals surface area contributed by atoms with Crippen molar-refractivity contribution in [2.75, 3.05) is 42.7 Å². The van der Waals surface area contributed by atoms with E-state index < -0.39 is 5.82 Å². The SMILES string of the molecule is CCN1CCCC1CNc1nc(Nc2cccc(F)c2OC)nc(NC2CCCC2)n1. The first-order valence-corrected chi connectivity index (χ1v) is 11.3. The molecule has 0 bridgehead atoms. The molecule has 4 rings (SSSR count). The number of likely N-dealkylation sites (N-methyl/N-ethyl adjacent to an activating group) is 1. The molecule has 1 aliphatic carbocycles. The summed E-state index contributed by atoms with van der Waals surface area (Å²) in [4.78, 5) is 16.2. The van der Waals surface area contributed by atoms with Crippen molar-refractivity contribution < 1.29 is 9.13 Å². The van der Waals surface area contributed by atoms with Crippen LogP contribution in [0.15, 0.2) is 18.2 Å². The lowest BCUT2D eigenvalue weighted by Crippen LogP contribution is -2.35. The van der Waals surface area contributed by atoms with Crippen molar-refractivity contribution in [3.8, 4) is 5.75 Å². The van der Waals surface area contributed by atoms with Gasteiger partial charge in [0.15, 0.2) is 11.6 Å². The van der Waals surface area contributed by atoms with Gasteiger partial charge in [-0.1, -0.05) is 25.8 Å². The highest BCUT2D eigenvalue weighted by molar-refractivity contribution is 5.63. The molecule has 2 fully saturated rings. The van der Waals surface area contributed by atoms with Gasteiger partial charge in [0.25, 0.3) is 0 Å². The molecule has 3 N–H and O–H groups in total. The van der Waals surface area contributed by atoms with Gasteiger partial charge in [-0.25, -0.2) is 4.39 Å². The number of nitrogens with one attached hydrogen (secondary N) is 3. The molecule has 0 radical (unpaired) electrons. The molecule has 31 heavy (non-hydrogen) atoms. The summed E-state index contributed by atoms with van der Waals surface area (Å²) in [6.45, 7) is 5.16. The Balaban J connectivity index is 1.54. The van der Waals surface area contributed by atoms with Crippen molar-refractivity contribution in [3.63, 3.8) is 0 Å². The van der Waals surface area contributed by atoms with Crippen LogP contribution in [0.25, 0.3) is 0 Å². The van der Waals surface area contributed by atoms with Gasteiger partial charge in [0, 0.05) is 18.6 Å². The quantitative estimate of drug-likeness (QED) is 0.551. The van der Waals surface area contributed by atoms with E-state index in [9.17, 15) is 4.39 Å². The Kier molecular flexibility index (Phi) is 7.01. The lowest BCUT2D eigenvalue weighted by molar-refractivity contribution is 0.277. The number of aromatic nitrogens is 3. The highest BCUT2D eigenvalue weighted by Crippen LogP contribution is 2.30. The number of nitrogens with zero attached hydrogens (tertiary/aromatic N) is 4. The number of methoxy groups -OCH3 is 1. The zero-order valence-electron chi connectivity index (χ0n) is 18.3. The topological polar surface area (TPSA) is 87.2 Å². The summed E-state index contributed by atoms with van der Waals surface area (Å²) in [6.07, 6.45) is 7.05. The van der Waals surface area contributed by atoms with E-state index in [1.165, 1.54) is 38.9 Å². The van der Waals surface area contributed by atoms with Crippen molar-refractivity contribution in [1.29, 1.82) is 0 Å². The van der Waals surface area contributed by atoms with E-state index in [4.69, 9.17) is 4.74 Å². The van der Waals surface area contributed by atoms with Crippen molar-refractivity contribution in [2.24, 2.45) is 0 Å². The average molecular weight is 430 g/mol. The number of hydrogen-bond acceptors (Lipinski definition) is 8. The number of halogens is 1. The van der Waals surface area contributed by atoms with Gasteiger partial charge in [-0.3, -0.25) is 4.90 Å². The minimum absolute atomic E-state index is 0.132. The maximum absolute atomic E-state index is 14.1. The predicted molar refractivity (Wildman–Crippen MR) is 121 cm³/mol. The van der Waals surface area contributed by atoms with Crippen LogP contribution < -0.4 is 20.7 Å². The molecule has 2 aromatic rings. The molecule has 9 heteroatoms. The van der Waals surface area contributed by atoms with Crippen molar-refractivity contribution >= 4 is 23.5 Å². The molecule has 8 nitrogen and oxygen atoms in total. The lowest BCUT2D eigenvalue weighted by atomic mass is 10.2. The molecule has 1 aromatic carbocycles. The predicted octanol–water partition coefficient (Wildman–Crippen LogP) is 4.01. The molecule has 1 unspecified atom stereocenters. The summed E-state index contributed by atoms with van der Waals surface area (Å²) in [5.41, 5.74) is 0.472. The van der Waals surface area contributed by atoms with Crippen LogP contribution in [0.2, 0.25) is 0 Å². The smallest absolute Gasteiger partial charge is 0.233 e. The monoisotopic (exact) mass is 429 g/mol. The largest absolute Gasteiger partial charge is 0.492 e. The highest BCUT2D eigenvalue weighted by Gasteiger charge is 2.23. The second-order valence-electron chi connectivity index (χ2n) is 8.18. The van der Waals surface area contributed by atoms with Gasteiger partial charge >= 0.3 is 0 Å². The van der Waals surface area contributed by atoms with Gasteiger partial charge < -0.3 is 20.7 Å². The molecule has 0 spiro atoms. The first-order chi connectivity index (χ1) is 15.2. The molecule has 0 amide bonds. The third-order valence-corrected chi connectivity index (χ3v) is 6.14. The molecule has 2 heterocycles. The van der Waals surface area contributed by atoms with Gasteiger partial charge in [0.2, 0.25) is 17.8 Å². The number of rotatable bonds is 9. The Hall–Kier alpha value is -2.68. The molecule has 1 aliphatic heterocycles. The molecule has 1 saturated carbocycles. The molecular weight excluding hydrogens is 397 g/mol. The standard InChI is InChI=1S/C22H32FN7O/c1-3-30-13-7-10-16(30)14-24-20-27-21(25-15-8-4-5-9-15)29-22(28-20)26-18-12-6-11-17(23)19(18)31-2/h6,11-12,15-16H,3-5,7-10,13-14H2,1-2H3,(H3,24,25,26,27,28,29). The maximum atomic E-state index is 14.1. The van der Waals surface area contributed by atoms with Gasteiger partial charge in [-0.05, 0) is 50.9 Å². The fraction of sp³-hybridized carbons (Fsp3) is 0.591. The van der Waals surface area contributed by atoms with E-state index in [0.717, 1.165) is 32.5 Å². The summed E-state index contributed by atoms with van der Waals surface area (Å²) in [7, 11) is 1.44. The van der Waals surface area contributed by atoms with E-state index in [1.807, 2.05) is 0 Å². The first-order valence-electron chi connectivity index (χ1n) is 11.3. The molecule has 1 atom stereocenters. The van der Waals surface area contributed by atoms with Crippen molar-refractivity contribution in [2.45, 2.75) is 57.5 Å². The minimum Gasteiger partial charge on any atom is -0.492 e. The summed E-state index contributed by atoms with van der Waals surface area (Å²) in [6, 6.07) is 5.57. The van der Waals surface area contributed by atoms with E-state index in [2.05, 4.69) is 42.7 Å². The fourth-order valence-corrected chi connectivity index (χ4v) is 4.52. The Bertz CT molecular complexity index is 875. The third kappa shape index (κ3) is 5.33. The van der Waals surface area contributed by atoms with Crippen molar-refractivity contribution in [1.82, 2.24) is 19.9 Å². The lowest BCUT2D eigenvalue weighted by Gasteiger charge is -2.23. The van der Waals surface area contributed by atoms with Crippen LogP contribution in [0.4, 0.5) is 27.9 Å². The number of hydrogen-bond donors (Lipinski definition) is 3. The molecule has 1 saturated heterocycles. The van der Waals surface area contributed by atoms with E-state index in [0.29, 0.717) is 35.6 Å². The number of ether oxygens (including phenoxy) is 1. The number of benzene rings is 1. The van der Waals surface area contributed by atoms with Gasteiger partial charge in [0.05, 0.1) is 12.8 Å². The van der Waals surface area contributed by atoms with Crippen LogP contribution in [0.5, 0.6) is 5.75 Å². The third-order valence-electron chi connectivity index (χ3n) is 6.14. The van der Waals surface area contributed by atoms with Crippen LogP contribution in [-0.2, 0) is 0 Å². The zero-order valence-corrected chi connectivity index (χ0v) is 18.3. The van der Waals surface area contributed by atoms with Crippen molar-refractivity contribution in [3.05, 3.63) is 24.0 Å². The first kappa shape index (κ1) is 21.5. The minimum atomic E-state index is -0.440. The zero-order chi connectivity index (χ0) is 21.6. The Morgan fingerprint density at radius 2 is 1.84 bits per heavy atom. The second kappa shape index (κ2) is 10.1. The Morgan fingerprint density at radius 3 is 2.61 bits per heavy atom. The summed E-state index contributed by atoms with van der Waals surface area (Å²) in [5, 5.41) is 9.93. The highest BCUT2D eigenvalue weighted by atomic mass is 19.1. The normalized spacial score (nSPS) is 19.5. The number of anilines is 4. The summed E-state index contributed by atoms with van der Waals surface area (Å²) in [5.74, 6) is 1.08. The Labute approximate surface area is 183 Å². The number of likely N-dealkylation sites (tertiary alicyclic amines) is 1. The maximum Gasteiger partial charge on any atom is 0.233 e. The Morgan fingerprint density at radius 1 is 1.06 bits per heavy atom. The second-order valence-corrected chi connectivity index (χ2v) is 8.18. The number of para-hydroxylation sites is 1. The van der Waals surface area contributed by atoms with Crippen LogP contribution >= 0.6 is 0 Å².